The van der Waals surface area contributed by atoms with E-state index >= 15 is 0 Å². The maximum absolute atomic E-state index is 13.7. The number of nitrogens with zero attached hydrogens (tertiary/aromatic N) is 1. The maximum atomic E-state index is 13.7. The van der Waals surface area contributed by atoms with Crippen molar-refractivity contribution < 1.29 is 13.9 Å². The first kappa shape index (κ1) is 21.5. The van der Waals surface area contributed by atoms with Gasteiger partial charge >= 0.3 is 0 Å². The van der Waals surface area contributed by atoms with Gasteiger partial charge in [0.1, 0.15) is 11.3 Å². The zero-order valence-corrected chi connectivity index (χ0v) is 20.1. The molecule has 5 nitrogen and oxygen atoms in total. The first-order valence-corrected chi connectivity index (χ1v) is 11.6. The molecule has 1 aliphatic heterocycles. The Kier molecular flexibility index (Phi) is 5.33. The van der Waals surface area contributed by atoms with Crippen molar-refractivity contribution >= 4 is 38.5 Å². The molecule has 4 aromatic rings. The first-order valence-electron chi connectivity index (χ1n) is 10.8. The fourth-order valence-corrected chi connectivity index (χ4v) is 4.68. The molecule has 3 aromatic carbocycles. The van der Waals surface area contributed by atoms with E-state index in [9.17, 15) is 9.59 Å². The molecule has 0 saturated carbocycles. The zero-order valence-electron chi connectivity index (χ0n) is 18.5. The van der Waals surface area contributed by atoms with Crippen LogP contribution >= 0.6 is 15.9 Å². The van der Waals surface area contributed by atoms with Crippen molar-refractivity contribution in [3.05, 3.63) is 103 Å². The summed E-state index contributed by atoms with van der Waals surface area (Å²) in [4.78, 5) is 29.0. The van der Waals surface area contributed by atoms with Crippen LogP contribution in [0.4, 0.5) is 5.69 Å². The predicted molar refractivity (Wildman–Crippen MR) is 132 cm³/mol. The molecule has 1 atom stereocenters. The standard InChI is InChI=1S/C27H22BrNO4/c1-4-32-20-10-6-17(7-11-20)24-23-25(30)21-14-18(28)8-12-22(21)33-26(23)27(31)29(24)19-9-5-15(2)16(3)13-19/h5-14,24H,4H2,1-3H3. The number of carbonyl (C=O) groups excluding carboxylic acids is 1. The Labute approximate surface area is 199 Å². The average molecular weight is 504 g/mol. The van der Waals surface area contributed by atoms with Crippen LogP contribution in [-0.2, 0) is 0 Å². The Balaban J connectivity index is 1.77. The third-order valence-electron chi connectivity index (χ3n) is 6.11. The number of anilines is 1. The van der Waals surface area contributed by atoms with Crippen molar-refractivity contribution in [1.82, 2.24) is 0 Å². The monoisotopic (exact) mass is 503 g/mol. The molecule has 166 valence electrons. The molecule has 1 unspecified atom stereocenters. The molecule has 0 N–H and O–H groups in total. The first-order chi connectivity index (χ1) is 15.9. The van der Waals surface area contributed by atoms with Gasteiger partial charge in [-0.2, -0.15) is 0 Å². The highest BCUT2D eigenvalue weighted by Crippen LogP contribution is 2.42. The number of amides is 1. The molecule has 0 saturated heterocycles. The minimum Gasteiger partial charge on any atom is -0.494 e. The van der Waals surface area contributed by atoms with Crippen LogP contribution in [0.2, 0.25) is 0 Å². The summed E-state index contributed by atoms with van der Waals surface area (Å²) in [6, 6.07) is 18.0. The number of rotatable bonds is 4. The van der Waals surface area contributed by atoms with Gasteiger partial charge < -0.3 is 9.15 Å². The molecule has 33 heavy (non-hydrogen) atoms. The summed E-state index contributed by atoms with van der Waals surface area (Å²) in [5.41, 5.74) is 4.27. The number of hydrogen-bond donors (Lipinski definition) is 0. The largest absolute Gasteiger partial charge is 0.494 e. The molecule has 1 aromatic heterocycles. The number of fused-ring (bicyclic) bond motifs is 2. The molecular formula is C27H22BrNO4. The van der Waals surface area contributed by atoms with Gasteiger partial charge in [0.25, 0.3) is 5.91 Å². The van der Waals surface area contributed by atoms with Gasteiger partial charge in [0.05, 0.1) is 23.6 Å². The summed E-state index contributed by atoms with van der Waals surface area (Å²) < 4.78 is 12.4. The van der Waals surface area contributed by atoms with E-state index in [4.69, 9.17) is 9.15 Å². The highest BCUT2D eigenvalue weighted by atomic mass is 79.9. The normalized spacial score (nSPS) is 15.2. The zero-order chi connectivity index (χ0) is 23.3. The van der Waals surface area contributed by atoms with Gasteiger partial charge in [0.2, 0.25) is 5.76 Å². The van der Waals surface area contributed by atoms with Crippen LogP contribution in [0.3, 0.4) is 0 Å². The molecule has 0 bridgehead atoms. The lowest BCUT2D eigenvalue weighted by molar-refractivity contribution is 0.0971. The molecule has 2 heterocycles. The van der Waals surface area contributed by atoms with E-state index in [2.05, 4.69) is 15.9 Å². The van der Waals surface area contributed by atoms with Gasteiger partial charge in [-0.3, -0.25) is 14.5 Å². The summed E-state index contributed by atoms with van der Waals surface area (Å²) in [5, 5.41) is 0.439. The third kappa shape index (κ3) is 3.55. The van der Waals surface area contributed by atoms with Crippen molar-refractivity contribution in [3.63, 3.8) is 0 Å². The quantitative estimate of drug-likeness (QED) is 0.326. The van der Waals surface area contributed by atoms with Crippen molar-refractivity contribution in [1.29, 1.82) is 0 Å². The number of ether oxygens (including phenoxy) is 1. The lowest BCUT2D eigenvalue weighted by Gasteiger charge is -2.26. The highest BCUT2D eigenvalue weighted by Gasteiger charge is 2.43. The van der Waals surface area contributed by atoms with Gasteiger partial charge in [0, 0.05) is 10.2 Å². The van der Waals surface area contributed by atoms with E-state index in [0.717, 1.165) is 32.6 Å². The third-order valence-corrected chi connectivity index (χ3v) is 6.60. The average Bonchev–Trinajstić information content (AvgIpc) is 3.09. The van der Waals surface area contributed by atoms with E-state index < -0.39 is 6.04 Å². The van der Waals surface area contributed by atoms with E-state index in [1.807, 2.05) is 63.2 Å². The molecular weight excluding hydrogens is 482 g/mol. The number of halogens is 1. The summed E-state index contributed by atoms with van der Waals surface area (Å²) in [6.45, 7) is 6.52. The van der Waals surface area contributed by atoms with Crippen molar-refractivity contribution in [2.45, 2.75) is 26.8 Å². The molecule has 1 aliphatic rings. The van der Waals surface area contributed by atoms with Crippen LogP contribution in [0.25, 0.3) is 11.0 Å². The van der Waals surface area contributed by atoms with Crippen molar-refractivity contribution in [3.8, 4) is 5.75 Å². The van der Waals surface area contributed by atoms with Crippen molar-refractivity contribution in [2.75, 3.05) is 11.5 Å². The van der Waals surface area contributed by atoms with E-state index in [1.165, 1.54) is 0 Å². The molecule has 5 rings (SSSR count). The highest BCUT2D eigenvalue weighted by molar-refractivity contribution is 9.10. The maximum Gasteiger partial charge on any atom is 0.295 e. The Morgan fingerprint density at radius 1 is 0.970 bits per heavy atom. The second-order valence-electron chi connectivity index (χ2n) is 8.16. The van der Waals surface area contributed by atoms with Crippen LogP contribution in [-0.4, -0.2) is 12.5 Å². The van der Waals surface area contributed by atoms with Gasteiger partial charge in [-0.25, -0.2) is 0 Å². The number of carbonyl (C=O) groups is 1. The second-order valence-corrected chi connectivity index (χ2v) is 9.08. The summed E-state index contributed by atoms with van der Waals surface area (Å²) in [5.74, 6) is 0.499. The molecule has 1 amide bonds. The van der Waals surface area contributed by atoms with Gasteiger partial charge in [-0.05, 0) is 79.9 Å². The second kappa shape index (κ2) is 8.19. The topological polar surface area (TPSA) is 59.8 Å². The molecule has 0 aliphatic carbocycles. The van der Waals surface area contributed by atoms with E-state index in [-0.39, 0.29) is 17.1 Å². The van der Waals surface area contributed by atoms with Gasteiger partial charge in [-0.1, -0.05) is 34.1 Å². The Morgan fingerprint density at radius 2 is 1.73 bits per heavy atom. The fourth-order valence-electron chi connectivity index (χ4n) is 4.32. The lowest BCUT2D eigenvalue weighted by atomic mass is 9.98. The Morgan fingerprint density at radius 3 is 2.42 bits per heavy atom. The van der Waals surface area contributed by atoms with Crippen molar-refractivity contribution in [2.24, 2.45) is 0 Å². The minimum atomic E-state index is -0.607. The number of hydrogen-bond acceptors (Lipinski definition) is 4. The molecule has 0 fully saturated rings. The van der Waals surface area contributed by atoms with Gasteiger partial charge in [0.15, 0.2) is 5.43 Å². The molecule has 0 radical (unpaired) electrons. The SMILES string of the molecule is CCOc1ccc(C2c3c(oc4ccc(Br)cc4c3=O)C(=O)N2c2ccc(C)c(C)c2)cc1. The Hall–Kier alpha value is -3.38. The smallest absolute Gasteiger partial charge is 0.295 e. The molecule has 0 spiro atoms. The number of benzene rings is 3. The minimum absolute atomic E-state index is 0.0898. The number of aryl methyl sites for hydroxylation is 2. The predicted octanol–water partition coefficient (Wildman–Crippen LogP) is 6.32. The lowest BCUT2D eigenvalue weighted by Crippen LogP contribution is -2.29. The van der Waals surface area contributed by atoms with Gasteiger partial charge in [-0.15, -0.1) is 0 Å². The van der Waals surface area contributed by atoms with E-state index in [0.29, 0.717) is 23.1 Å². The van der Waals surface area contributed by atoms with Crippen LogP contribution in [0.15, 0.2) is 74.3 Å². The van der Waals surface area contributed by atoms with Crippen LogP contribution in [0.1, 0.15) is 45.8 Å². The van der Waals surface area contributed by atoms with Crippen LogP contribution in [0, 0.1) is 13.8 Å². The Bertz CT molecular complexity index is 1460. The summed E-state index contributed by atoms with van der Waals surface area (Å²) in [6.07, 6.45) is 0. The van der Waals surface area contributed by atoms with Crippen LogP contribution < -0.4 is 15.1 Å². The van der Waals surface area contributed by atoms with E-state index in [1.54, 1.807) is 23.1 Å². The van der Waals surface area contributed by atoms with Crippen LogP contribution in [0.5, 0.6) is 5.75 Å². The molecule has 6 heteroatoms. The summed E-state index contributed by atoms with van der Waals surface area (Å²) in [7, 11) is 0. The fraction of sp³-hybridized carbons (Fsp3) is 0.185. The summed E-state index contributed by atoms with van der Waals surface area (Å²) >= 11 is 3.43.